The molecule has 1 aromatic carbocycles. The van der Waals surface area contributed by atoms with Crippen molar-refractivity contribution in [3.05, 3.63) is 36.5 Å². The van der Waals surface area contributed by atoms with Gasteiger partial charge < -0.3 is 9.72 Å². The number of aliphatic imine (C=N–C) groups is 1. The predicted octanol–water partition coefficient (Wildman–Crippen LogP) is 3.99. The first kappa shape index (κ1) is 18.0. The van der Waals surface area contributed by atoms with Crippen LogP contribution in [0.5, 0.6) is 0 Å². The number of nitrogens with zero attached hydrogens (tertiary/aromatic N) is 2. The molecule has 3 atom stereocenters. The summed E-state index contributed by atoms with van der Waals surface area (Å²) < 4.78 is 18.4. The normalized spacial score (nSPS) is 23.1. The van der Waals surface area contributed by atoms with Gasteiger partial charge >= 0.3 is 0 Å². The van der Waals surface area contributed by atoms with Crippen LogP contribution in [0.2, 0.25) is 0 Å². The number of hydrogen-bond donors (Lipinski definition) is 1. The van der Waals surface area contributed by atoms with Gasteiger partial charge in [-0.3, -0.25) is 9.20 Å². The number of imidazole rings is 1. The van der Waals surface area contributed by atoms with Crippen LogP contribution in [0.25, 0.3) is 11.0 Å². The maximum atomic E-state index is 13.2. The van der Waals surface area contributed by atoms with Gasteiger partial charge in [-0.1, -0.05) is 25.0 Å². The van der Waals surface area contributed by atoms with Gasteiger partial charge in [0, 0.05) is 19.0 Å². The summed E-state index contributed by atoms with van der Waals surface area (Å²) in [7, 11) is 0.452. The van der Waals surface area contributed by atoms with E-state index in [2.05, 4.69) is 15.0 Å². The van der Waals surface area contributed by atoms with E-state index in [-0.39, 0.29) is 11.4 Å². The van der Waals surface area contributed by atoms with E-state index in [0.29, 0.717) is 5.16 Å². The highest BCUT2D eigenvalue weighted by molar-refractivity contribution is 7.86. The summed E-state index contributed by atoms with van der Waals surface area (Å²) >= 11 is 0. The minimum absolute atomic E-state index is 0.0226. The Morgan fingerprint density at radius 3 is 3.00 bits per heavy atom. The van der Waals surface area contributed by atoms with Crippen LogP contribution in [0.1, 0.15) is 39.0 Å². The molecule has 1 aromatic heterocycles. The molecule has 1 aliphatic rings. The summed E-state index contributed by atoms with van der Waals surface area (Å²) in [4.78, 5) is 12.4. The van der Waals surface area contributed by atoms with Gasteiger partial charge in [0.2, 0.25) is 0 Å². The van der Waals surface area contributed by atoms with Crippen molar-refractivity contribution in [2.45, 2.75) is 55.5 Å². The second-order valence-corrected chi connectivity index (χ2v) is 7.90. The SMILES string of the molecule is COC(C)/C=C\N=C1CCCCCC1S(=O)c1nc2ccccc2[nH]1. The van der Waals surface area contributed by atoms with Gasteiger partial charge in [-0.2, -0.15) is 0 Å². The predicted molar refractivity (Wildman–Crippen MR) is 102 cm³/mol. The zero-order valence-corrected chi connectivity index (χ0v) is 15.6. The molecule has 1 fully saturated rings. The van der Waals surface area contributed by atoms with Gasteiger partial charge in [0.1, 0.15) is 0 Å². The van der Waals surface area contributed by atoms with Gasteiger partial charge in [-0.25, -0.2) is 4.98 Å². The lowest BCUT2D eigenvalue weighted by molar-refractivity contribution is 0.156. The maximum absolute atomic E-state index is 13.2. The molecule has 0 spiro atoms. The second-order valence-electron chi connectivity index (χ2n) is 6.35. The number of hydrogen-bond acceptors (Lipinski definition) is 4. The monoisotopic (exact) mass is 359 g/mol. The highest BCUT2D eigenvalue weighted by Crippen LogP contribution is 2.24. The fraction of sp³-hybridized carbons (Fsp3) is 0.474. The summed E-state index contributed by atoms with van der Waals surface area (Å²) in [6, 6.07) is 7.78. The molecule has 0 aliphatic heterocycles. The molecule has 1 aliphatic carbocycles. The standard InChI is InChI=1S/C19H25N3O2S/c1-14(24-2)12-13-20-17-10-4-3-5-11-18(17)25(23)19-21-15-8-6-7-9-16(15)22-19/h6-9,12-14,18H,3-5,10-11H2,1-2H3,(H,21,22)/b13-12-,20-17?. The zero-order valence-electron chi connectivity index (χ0n) is 14.8. The van der Waals surface area contributed by atoms with E-state index >= 15 is 0 Å². The molecule has 0 amide bonds. The smallest absolute Gasteiger partial charge is 0.198 e. The molecule has 25 heavy (non-hydrogen) atoms. The van der Waals surface area contributed by atoms with Crippen LogP contribution in [0, 0.1) is 0 Å². The maximum Gasteiger partial charge on any atom is 0.198 e. The van der Waals surface area contributed by atoms with E-state index in [1.54, 1.807) is 13.3 Å². The Morgan fingerprint density at radius 1 is 1.36 bits per heavy atom. The van der Waals surface area contributed by atoms with E-state index in [0.717, 1.165) is 48.8 Å². The average Bonchev–Trinajstić information content (AvgIpc) is 2.93. The Hall–Kier alpha value is -1.79. The van der Waals surface area contributed by atoms with Crippen LogP contribution in [0.3, 0.4) is 0 Å². The van der Waals surface area contributed by atoms with E-state index in [9.17, 15) is 4.21 Å². The third kappa shape index (κ3) is 4.44. The number of H-pyrrole nitrogens is 1. The third-order valence-corrected chi connectivity index (χ3v) is 6.16. The summed E-state index contributed by atoms with van der Waals surface area (Å²) in [5.74, 6) is 0. The van der Waals surface area contributed by atoms with Crippen LogP contribution < -0.4 is 0 Å². The van der Waals surface area contributed by atoms with E-state index in [1.165, 1.54) is 0 Å². The van der Waals surface area contributed by atoms with Crippen molar-refractivity contribution in [3.63, 3.8) is 0 Å². The van der Waals surface area contributed by atoms with Crippen LogP contribution >= 0.6 is 0 Å². The number of benzene rings is 1. The van der Waals surface area contributed by atoms with E-state index in [1.807, 2.05) is 37.3 Å². The van der Waals surface area contributed by atoms with Crippen LogP contribution in [0.15, 0.2) is 46.7 Å². The number of aromatic amines is 1. The molecule has 6 heteroatoms. The van der Waals surface area contributed by atoms with Gasteiger partial charge in [-0.05, 0) is 44.4 Å². The summed E-state index contributed by atoms with van der Waals surface area (Å²) in [6.07, 6.45) is 8.84. The van der Waals surface area contributed by atoms with Crippen molar-refractivity contribution < 1.29 is 8.95 Å². The second kappa shape index (κ2) is 8.54. The molecule has 5 nitrogen and oxygen atoms in total. The Kier molecular flexibility index (Phi) is 6.15. The van der Waals surface area contributed by atoms with Crippen LogP contribution in [-0.4, -0.2) is 38.4 Å². The topological polar surface area (TPSA) is 67.3 Å². The number of ether oxygens (including phenoxy) is 1. The molecule has 1 saturated carbocycles. The van der Waals surface area contributed by atoms with Crippen molar-refractivity contribution in [3.8, 4) is 0 Å². The highest BCUT2D eigenvalue weighted by atomic mass is 32.2. The summed E-state index contributed by atoms with van der Waals surface area (Å²) in [6.45, 7) is 1.97. The molecule has 3 rings (SSSR count). The lowest BCUT2D eigenvalue weighted by Crippen LogP contribution is -2.25. The number of rotatable bonds is 5. The van der Waals surface area contributed by atoms with Gasteiger partial charge in [0.15, 0.2) is 5.16 Å². The highest BCUT2D eigenvalue weighted by Gasteiger charge is 2.27. The molecule has 134 valence electrons. The fourth-order valence-corrected chi connectivity index (χ4v) is 4.49. The first-order valence-electron chi connectivity index (χ1n) is 8.80. The zero-order chi connectivity index (χ0) is 17.6. The Bertz CT molecular complexity index is 764. The average molecular weight is 359 g/mol. The molecule has 0 bridgehead atoms. The summed E-state index contributed by atoms with van der Waals surface area (Å²) in [5, 5.41) is 0.473. The van der Waals surface area contributed by atoms with Crippen molar-refractivity contribution in [1.29, 1.82) is 0 Å². The number of methoxy groups -OCH3 is 1. The quantitative estimate of drug-likeness (QED) is 0.821. The van der Waals surface area contributed by atoms with Crippen molar-refractivity contribution in [2.75, 3.05) is 7.11 Å². The lowest BCUT2D eigenvalue weighted by atomic mass is 10.2. The first-order valence-corrected chi connectivity index (χ1v) is 10.0. The minimum Gasteiger partial charge on any atom is -0.378 e. The largest absolute Gasteiger partial charge is 0.378 e. The van der Waals surface area contributed by atoms with Gasteiger partial charge in [0.25, 0.3) is 0 Å². The molecular weight excluding hydrogens is 334 g/mol. The van der Waals surface area contributed by atoms with E-state index in [4.69, 9.17) is 4.74 Å². The molecule has 0 radical (unpaired) electrons. The lowest BCUT2D eigenvalue weighted by Gasteiger charge is -2.14. The molecular formula is C19H25N3O2S. The molecule has 3 unspecified atom stereocenters. The number of para-hydroxylation sites is 2. The first-order chi connectivity index (χ1) is 12.2. The van der Waals surface area contributed by atoms with Crippen LogP contribution in [-0.2, 0) is 15.5 Å². The number of fused-ring (bicyclic) bond motifs is 1. The Morgan fingerprint density at radius 2 is 2.20 bits per heavy atom. The van der Waals surface area contributed by atoms with E-state index < -0.39 is 10.8 Å². The molecule has 2 aromatic rings. The Balaban J connectivity index is 1.86. The van der Waals surface area contributed by atoms with Gasteiger partial charge in [0.05, 0.1) is 33.2 Å². The number of aromatic nitrogens is 2. The summed E-state index contributed by atoms with van der Waals surface area (Å²) in [5.41, 5.74) is 2.79. The van der Waals surface area contributed by atoms with Crippen molar-refractivity contribution >= 4 is 27.5 Å². The van der Waals surface area contributed by atoms with Crippen molar-refractivity contribution in [2.24, 2.45) is 4.99 Å². The third-order valence-electron chi connectivity index (χ3n) is 4.56. The minimum atomic E-state index is -1.22. The van der Waals surface area contributed by atoms with Gasteiger partial charge in [-0.15, -0.1) is 0 Å². The fourth-order valence-electron chi connectivity index (χ4n) is 3.02. The number of nitrogens with one attached hydrogen (secondary N) is 1. The van der Waals surface area contributed by atoms with Crippen molar-refractivity contribution in [1.82, 2.24) is 9.97 Å². The molecule has 1 heterocycles. The molecule has 0 saturated heterocycles. The Labute approximate surface area is 151 Å². The van der Waals surface area contributed by atoms with Crippen LogP contribution in [0.4, 0.5) is 0 Å². The molecule has 1 N–H and O–H groups in total.